The minimum atomic E-state index is -0.900. The molecular formula is C21H36O3. The minimum absolute atomic E-state index is 0.0831. The van der Waals surface area contributed by atoms with Gasteiger partial charge in [-0.2, -0.15) is 0 Å². The van der Waals surface area contributed by atoms with E-state index in [1.165, 1.54) is 25.7 Å². The fraction of sp³-hybridized carbons (Fsp3) is 1.00. The second-order valence-corrected chi connectivity index (χ2v) is 10.2. The molecule has 4 aliphatic rings. The molecule has 0 amide bonds. The van der Waals surface area contributed by atoms with Gasteiger partial charge in [0.05, 0.1) is 17.8 Å². The van der Waals surface area contributed by atoms with E-state index < -0.39 is 11.7 Å². The number of fused-ring (bicyclic) bond motifs is 5. The van der Waals surface area contributed by atoms with E-state index in [0.717, 1.165) is 38.0 Å². The summed E-state index contributed by atoms with van der Waals surface area (Å²) in [7, 11) is 0. The lowest BCUT2D eigenvalue weighted by molar-refractivity contribution is -0.186. The highest BCUT2D eigenvalue weighted by Crippen LogP contribution is 2.68. The smallest absolute Gasteiger partial charge is 0.0958 e. The molecule has 24 heavy (non-hydrogen) atoms. The average molecular weight is 337 g/mol. The van der Waals surface area contributed by atoms with Crippen LogP contribution in [0.2, 0.25) is 0 Å². The normalized spacial score (nSPS) is 58.5. The predicted molar refractivity (Wildman–Crippen MR) is 94.4 cm³/mol. The summed E-state index contributed by atoms with van der Waals surface area (Å²) in [5.41, 5.74) is -0.641. The molecule has 0 aromatic carbocycles. The van der Waals surface area contributed by atoms with Crippen molar-refractivity contribution >= 4 is 0 Å². The Balaban J connectivity index is 1.63. The van der Waals surface area contributed by atoms with Crippen molar-refractivity contribution in [3.05, 3.63) is 0 Å². The van der Waals surface area contributed by atoms with Crippen LogP contribution in [0, 0.1) is 34.5 Å². The van der Waals surface area contributed by atoms with Gasteiger partial charge in [-0.3, -0.25) is 0 Å². The van der Waals surface area contributed by atoms with Crippen LogP contribution in [0.4, 0.5) is 0 Å². The highest BCUT2D eigenvalue weighted by atomic mass is 16.3. The van der Waals surface area contributed by atoms with Gasteiger partial charge < -0.3 is 15.3 Å². The maximum atomic E-state index is 11.3. The number of hydrogen-bond donors (Lipinski definition) is 3. The monoisotopic (exact) mass is 336 g/mol. The second kappa shape index (κ2) is 5.44. The van der Waals surface area contributed by atoms with Crippen molar-refractivity contribution in [2.24, 2.45) is 34.5 Å². The molecule has 0 aromatic rings. The van der Waals surface area contributed by atoms with E-state index in [1.807, 2.05) is 0 Å². The highest BCUT2D eigenvalue weighted by Gasteiger charge is 2.65. The third-order valence-electron chi connectivity index (χ3n) is 9.54. The molecule has 4 rings (SSSR count). The van der Waals surface area contributed by atoms with Gasteiger partial charge in [0.25, 0.3) is 0 Å². The Kier molecular flexibility index (Phi) is 3.92. The third kappa shape index (κ3) is 2.07. The quantitative estimate of drug-likeness (QED) is 0.687. The zero-order chi connectivity index (χ0) is 17.3. The summed E-state index contributed by atoms with van der Waals surface area (Å²) in [5, 5.41) is 31.7. The van der Waals surface area contributed by atoms with Gasteiger partial charge in [-0.15, -0.1) is 0 Å². The van der Waals surface area contributed by atoms with E-state index in [2.05, 4.69) is 13.8 Å². The molecule has 3 N–H and O–H groups in total. The Hall–Kier alpha value is -0.120. The molecule has 0 spiro atoms. The Bertz CT molecular complexity index is 505. The van der Waals surface area contributed by atoms with Crippen LogP contribution in [-0.2, 0) is 0 Å². The predicted octanol–water partition coefficient (Wildman–Crippen LogP) is 3.50. The molecule has 0 saturated heterocycles. The molecule has 0 aromatic heterocycles. The summed E-state index contributed by atoms with van der Waals surface area (Å²) in [6, 6.07) is 0. The average Bonchev–Trinajstić information content (AvgIpc) is 2.81. The van der Waals surface area contributed by atoms with Crippen molar-refractivity contribution in [2.45, 2.75) is 96.4 Å². The maximum Gasteiger partial charge on any atom is 0.0958 e. The van der Waals surface area contributed by atoms with E-state index in [1.54, 1.807) is 6.92 Å². The van der Waals surface area contributed by atoms with Crippen molar-refractivity contribution < 1.29 is 15.3 Å². The molecule has 0 unspecified atom stereocenters. The fourth-order valence-electron chi connectivity index (χ4n) is 7.97. The molecule has 4 saturated carbocycles. The van der Waals surface area contributed by atoms with Crippen LogP contribution in [0.15, 0.2) is 0 Å². The SMILES string of the molecule is C[C@H](O)[C@@]1(O)CC[C@@H]2[C@@H]3CC[C@H]4C[C@@H](O)CC[C@@]4(C)[C@@H]3CC[C@@]21C. The van der Waals surface area contributed by atoms with Gasteiger partial charge in [-0.25, -0.2) is 0 Å². The van der Waals surface area contributed by atoms with Crippen molar-refractivity contribution in [1.82, 2.24) is 0 Å². The molecule has 3 heteroatoms. The Morgan fingerprint density at radius 2 is 1.62 bits per heavy atom. The van der Waals surface area contributed by atoms with Gasteiger partial charge >= 0.3 is 0 Å². The molecule has 138 valence electrons. The van der Waals surface area contributed by atoms with Gasteiger partial charge in [-0.05, 0) is 93.8 Å². The topological polar surface area (TPSA) is 60.7 Å². The molecule has 0 bridgehead atoms. The van der Waals surface area contributed by atoms with Crippen LogP contribution in [-0.4, -0.2) is 33.1 Å². The second-order valence-electron chi connectivity index (χ2n) is 10.2. The highest BCUT2D eigenvalue weighted by molar-refractivity contribution is 5.15. The Labute approximate surface area is 146 Å². The van der Waals surface area contributed by atoms with Crippen molar-refractivity contribution in [3.63, 3.8) is 0 Å². The molecule has 3 nitrogen and oxygen atoms in total. The fourth-order valence-corrected chi connectivity index (χ4v) is 7.97. The zero-order valence-corrected chi connectivity index (χ0v) is 15.7. The van der Waals surface area contributed by atoms with Gasteiger partial charge in [-0.1, -0.05) is 13.8 Å². The van der Waals surface area contributed by atoms with Crippen LogP contribution >= 0.6 is 0 Å². The number of hydrogen-bond acceptors (Lipinski definition) is 3. The van der Waals surface area contributed by atoms with Crippen LogP contribution in [0.1, 0.15) is 78.6 Å². The van der Waals surface area contributed by atoms with E-state index in [4.69, 9.17) is 0 Å². The summed E-state index contributed by atoms with van der Waals surface area (Å²) in [6.07, 6.45) is 8.99. The summed E-state index contributed by atoms with van der Waals surface area (Å²) in [4.78, 5) is 0. The van der Waals surface area contributed by atoms with Crippen LogP contribution < -0.4 is 0 Å². The van der Waals surface area contributed by atoms with E-state index in [-0.39, 0.29) is 11.5 Å². The summed E-state index contributed by atoms with van der Waals surface area (Å²) in [5.74, 6) is 2.69. The number of aliphatic hydroxyl groups excluding tert-OH is 2. The number of rotatable bonds is 1. The first kappa shape index (κ1) is 17.3. The molecule has 4 aliphatic carbocycles. The summed E-state index contributed by atoms with van der Waals surface area (Å²) >= 11 is 0. The molecule has 0 radical (unpaired) electrons. The van der Waals surface area contributed by atoms with Crippen molar-refractivity contribution in [2.75, 3.05) is 0 Å². The Morgan fingerprint density at radius 1 is 0.917 bits per heavy atom. The Morgan fingerprint density at radius 3 is 2.33 bits per heavy atom. The lowest BCUT2D eigenvalue weighted by Gasteiger charge is -2.61. The van der Waals surface area contributed by atoms with Crippen LogP contribution in [0.5, 0.6) is 0 Å². The first-order valence-corrected chi connectivity index (χ1v) is 10.3. The lowest BCUT2D eigenvalue weighted by Crippen LogP contribution is -2.59. The molecule has 0 heterocycles. The molecule has 9 atom stereocenters. The zero-order valence-electron chi connectivity index (χ0n) is 15.7. The standard InChI is InChI=1S/C21H36O3/c1-13(22)21(24)11-8-18-16-5-4-14-12-15(23)6-9-19(14,2)17(16)7-10-20(18,21)3/h13-18,22-24H,4-12H2,1-3H3/t13-,14-,15-,16+,17+,18+,19+,20-,21-/m0/s1. The lowest BCUT2D eigenvalue weighted by atomic mass is 9.44. The summed E-state index contributed by atoms with van der Waals surface area (Å²) in [6.45, 7) is 6.53. The van der Waals surface area contributed by atoms with Crippen molar-refractivity contribution in [3.8, 4) is 0 Å². The van der Waals surface area contributed by atoms with E-state index in [9.17, 15) is 15.3 Å². The van der Waals surface area contributed by atoms with E-state index >= 15 is 0 Å². The van der Waals surface area contributed by atoms with Gasteiger partial charge in [0.15, 0.2) is 0 Å². The van der Waals surface area contributed by atoms with Crippen LogP contribution in [0.25, 0.3) is 0 Å². The third-order valence-corrected chi connectivity index (χ3v) is 9.54. The first-order chi connectivity index (χ1) is 11.2. The van der Waals surface area contributed by atoms with Gasteiger partial charge in [0.2, 0.25) is 0 Å². The van der Waals surface area contributed by atoms with E-state index in [0.29, 0.717) is 23.2 Å². The van der Waals surface area contributed by atoms with Gasteiger partial charge in [0, 0.05) is 5.41 Å². The molecule has 4 fully saturated rings. The minimum Gasteiger partial charge on any atom is -0.393 e. The first-order valence-electron chi connectivity index (χ1n) is 10.3. The number of aliphatic hydroxyl groups is 3. The van der Waals surface area contributed by atoms with Gasteiger partial charge in [0.1, 0.15) is 0 Å². The molecular weight excluding hydrogens is 300 g/mol. The largest absolute Gasteiger partial charge is 0.393 e. The summed E-state index contributed by atoms with van der Waals surface area (Å²) < 4.78 is 0. The van der Waals surface area contributed by atoms with Crippen LogP contribution in [0.3, 0.4) is 0 Å². The molecule has 0 aliphatic heterocycles. The van der Waals surface area contributed by atoms with Crippen molar-refractivity contribution in [1.29, 1.82) is 0 Å². The maximum absolute atomic E-state index is 11.3.